The molecule has 3 heterocycles. The van der Waals surface area contributed by atoms with Gasteiger partial charge in [-0.15, -0.1) is 20.4 Å². The molecule has 0 saturated heterocycles. The van der Waals surface area contributed by atoms with Crippen molar-refractivity contribution in [2.45, 2.75) is 68.8 Å². The Labute approximate surface area is 183 Å². The van der Waals surface area contributed by atoms with Crippen LogP contribution in [0, 0.1) is 0 Å². The summed E-state index contributed by atoms with van der Waals surface area (Å²) in [4.78, 5) is 16.9. The van der Waals surface area contributed by atoms with Crippen molar-refractivity contribution in [2.75, 3.05) is 5.32 Å². The van der Waals surface area contributed by atoms with Crippen LogP contribution < -0.4 is 5.32 Å². The van der Waals surface area contributed by atoms with E-state index in [1.54, 1.807) is 12.4 Å². The minimum absolute atomic E-state index is 0.111. The molecule has 1 saturated carbocycles. The van der Waals surface area contributed by atoms with Gasteiger partial charge in [0.1, 0.15) is 5.01 Å². The Balaban J connectivity index is 1.40. The molecule has 0 aromatic carbocycles. The van der Waals surface area contributed by atoms with Gasteiger partial charge in [-0.05, 0) is 38.8 Å². The van der Waals surface area contributed by atoms with Crippen molar-refractivity contribution >= 4 is 34.1 Å². The topological polar surface area (TPSA) is 98.5 Å². The first-order valence-corrected chi connectivity index (χ1v) is 12.0. The first-order chi connectivity index (χ1) is 14.7. The highest BCUT2D eigenvalue weighted by Gasteiger charge is 2.23. The number of carbonyl (C=O) groups is 1. The second kappa shape index (κ2) is 9.65. The molecule has 0 radical (unpaired) electrons. The summed E-state index contributed by atoms with van der Waals surface area (Å²) in [6.45, 7) is 4.60. The lowest BCUT2D eigenvalue weighted by atomic mass is 9.90. The molecule has 1 amide bonds. The highest BCUT2D eigenvalue weighted by atomic mass is 32.2. The van der Waals surface area contributed by atoms with E-state index in [-0.39, 0.29) is 11.2 Å². The number of anilines is 1. The van der Waals surface area contributed by atoms with Crippen molar-refractivity contribution in [3.63, 3.8) is 0 Å². The van der Waals surface area contributed by atoms with Crippen molar-refractivity contribution in [1.82, 2.24) is 29.9 Å². The van der Waals surface area contributed by atoms with E-state index in [1.165, 1.54) is 55.2 Å². The number of nitrogens with one attached hydrogen (secondary N) is 1. The molecule has 0 unspecified atom stereocenters. The fraction of sp³-hybridized carbons (Fsp3) is 0.500. The van der Waals surface area contributed by atoms with E-state index >= 15 is 0 Å². The highest BCUT2D eigenvalue weighted by molar-refractivity contribution is 8.00. The maximum absolute atomic E-state index is 12.7. The highest BCUT2D eigenvalue weighted by Crippen LogP contribution is 2.35. The summed E-state index contributed by atoms with van der Waals surface area (Å²) in [6.07, 6.45) is 9.63. The molecule has 3 aromatic rings. The molecule has 30 heavy (non-hydrogen) atoms. The van der Waals surface area contributed by atoms with Crippen molar-refractivity contribution in [1.29, 1.82) is 0 Å². The monoisotopic (exact) mass is 443 g/mol. The van der Waals surface area contributed by atoms with Crippen LogP contribution in [0.15, 0.2) is 29.7 Å². The lowest BCUT2D eigenvalue weighted by Crippen LogP contribution is -2.22. The van der Waals surface area contributed by atoms with Gasteiger partial charge in [-0.3, -0.25) is 15.1 Å². The SMILES string of the molecule is CCn1c(S[C@H](C)C(=O)Nc2nnc(C3CCCCC3)s2)nnc1-c1cccnc1. The lowest BCUT2D eigenvalue weighted by Gasteiger charge is -2.18. The summed E-state index contributed by atoms with van der Waals surface area (Å²) in [5.41, 5.74) is 0.903. The summed E-state index contributed by atoms with van der Waals surface area (Å²) in [7, 11) is 0. The van der Waals surface area contributed by atoms with Gasteiger partial charge in [-0.2, -0.15) is 0 Å². The van der Waals surface area contributed by atoms with Gasteiger partial charge in [0.05, 0.1) is 5.25 Å². The van der Waals surface area contributed by atoms with E-state index in [0.29, 0.717) is 22.8 Å². The van der Waals surface area contributed by atoms with Crippen molar-refractivity contribution in [2.24, 2.45) is 0 Å². The van der Waals surface area contributed by atoms with E-state index < -0.39 is 0 Å². The Morgan fingerprint density at radius 2 is 2.10 bits per heavy atom. The first kappa shape index (κ1) is 20.9. The number of amides is 1. The Hall–Kier alpha value is -2.33. The predicted molar refractivity (Wildman–Crippen MR) is 119 cm³/mol. The zero-order valence-electron chi connectivity index (χ0n) is 17.1. The minimum Gasteiger partial charge on any atom is -0.302 e. The number of nitrogens with zero attached hydrogens (tertiary/aromatic N) is 6. The van der Waals surface area contributed by atoms with Crippen molar-refractivity contribution in [3.05, 3.63) is 29.5 Å². The molecule has 158 valence electrons. The Morgan fingerprint density at radius 1 is 1.27 bits per heavy atom. The summed E-state index contributed by atoms with van der Waals surface area (Å²) in [6, 6.07) is 3.82. The standard InChI is InChI=1S/C20H25N7OS2/c1-3-27-16(15-10-7-11-21-12-15)23-26-20(27)29-13(2)17(28)22-19-25-24-18(30-19)14-8-5-4-6-9-14/h7,10-14H,3-6,8-9H2,1-2H3,(H,22,25,28)/t13-/m1/s1. The smallest absolute Gasteiger partial charge is 0.239 e. The number of pyridine rings is 1. The molecule has 1 aliphatic carbocycles. The van der Waals surface area contributed by atoms with Gasteiger partial charge in [-0.1, -0.05) is 42.4 Å². The van der Waals surface area contributed by atoms with Crippen LogP contribution in [0.3, 0.4) is 0 Å². The van der Waals surface area contributed by atoms with Gasteiger partial charge in [0.25, 0.3) is 0 Å². The van der Waals surface area contributed by atoms with E-state index in [0.717, 1.165) is 16.4 Å². The predicted octanol–water partition coefficient (Wildman–Crippen LogP) is 4.38. The van der Waals surface area contributed by atoms with E-state index in [2.05, 4.69) is 30.7 Å². The average molecular weight is 444 g/mol. The van der Waals surface area contributed by atoms with Gasteiger partial charge < -0.3 is 4.57 Å². The molecule has 0 aliphatic heterocycles. The van der Waals surface area contributed by atoms with Crippen LogP contribution in [0.25, 0.3) is 11.4 Å². The molecule has 4 rings (SSSR count). The van der Waals surface area contributed by atoms with Gasteiger partial charge in [0, 0.05) is 30.4 Å². The number of carbonyl (C=O) groups excluding carboxylic acids is 1. The average Bonchev–Trinajstić information content (AvgIpc) is 3.41. The second-order valence-electron chi connectivity index (χ2n) is 7.32. The molecule has 0 bridgehead atoms. The van der Waals surface area contributed by atoms with Crippen LogP contribution >= 0.6 is 23.1 Å². The first-order valence-electron chi connectivity index (χ1n) is 10.3. The number of rotatable bonds is 7. The van der Waals surface area contributed by atoms with Crippen LogP contribution in [0.5, 0.6) is 0 Å². The number of thioether (sulfide) groups is 1. The third-order valence-electron chi connectivity index (χ3n) is 5.23. The fourth-order valence-electron chi connectivity index (χ4n) is 3.59. The van der Waals surface area contributed by atoms with Crippen LogP contribution in [-0.2, 0) is 11.3 Å². The second-order valence-corrected chi connectivity index (χ2v) is 9.64. The largest absolute Gasteiger partial charge is 0.302 e. The summed E-state index contributed by atoms with van der Waals surface area (Å²) >= 11 is 2.88. The summed E-state index contributed by atoms with van der Waals surface area (Å²) in [5.74, 6) is 1.13. The third kappa shape index (κ3) is 4.70. The normalized spacial score (nSPS) is 15.8. The quantitative estimate of drug-likeness (QED) is 0.541. The Kier molecular flexibility index (Phi) is 6.73. The number of aromatic nitrogens is 6. The molecule has 10 heteroatoms. The molecule has 0 spiro atoms. The minimum atomic E-state index is -0.344. The lowest BCUT2D eigenvalue weighted by molar-refractivity contribution is -0.115. The van der Waals surface area contributed by atoms with Crippen molar-refractivity contribution in [3.8, 4) is 11.4 Å². The zero-order chi connectivity index (χ0) is 20.9. The fourth-order valence-corrected chi connectivity index (χ4v) is 5.42. The molecule has 8 nitrogen and oxygen atoms in total. The molecule has 1 atom stereocenters. The van der Waals surface area contributed by atoms with Gasteiger partial charge >= 0.3 is 0 Å². The van der Waals surface area contributed by atoms with Crippen LogP contribution in [0.2, 0.25) is 0 Å². The van der Waals surface area contributed by atoms with Gasteiger partial charge in [-0.25, -0.2) is 0 Å². The van der Waals surface area contributed by atoms with E-state index in [1.807, 2.05) is 30.5 Å². The molecule has 1 aliphatic rings. The van der Waals surface area contributed by atoms with E-state index in [9.17, 15) is 4.79 Å². The zero-order valence-corrected chi connectivity index (χ0v) is 18.7. The molecular weight excluding hydrogens is 418 g/mol. The number of hydrogen-bond acceptors (Lipinski definition) is 8. The maximum atomic E-state index is 12.7. The van der Waals surface area contributed by atoms with Crippen LogP contribution in [0.4, 0.5) is 5.13 Å². The van der Waals surface area contributed by atoms with Crippen molar-refractivity contribution < 1.29 is 4.79 Å². The summed E-state index contributed by atoms with van der Waals surface area (Å²) < 4.78 is 2.00. The summed E-state index contributed by atoms with van der Waals surface area (Å²) in [5, 5.41) is 22.0. The molecule has 1 fully saturated rings. The van der Waals surface area contributed by atoms with Crippen LogP contribution in [-0.4, -0.2) is 41.1 Å². The van der Waals surface area contributed by atoms with Gasteiger partial charge in [0.15, 0.2) is 11.0 Å². The molecule has 1 N–H and O–H groups in total. The van der Waals surface area contributed by atoms with Gasteiger partial charge in [0.2, 0.25) is 11.0 Å². The third-order valence-corrected chi connectivity index (χ3v) is 7.31. The molecular formula is C20H25N7OS2. The molecule has 3 aromatic heterocycles. The maximum Gasteiger partial charge on any atom is 0.239 e. The number of hydrogen-bond donors (Lipinski definition) is 1. The van der Waals surface area contributed by atoms with Crippen LogP contribution in [0.1, 0.15) is 56.9 Å². The Morgan fingerprint density at radius 3 is 2.83 bits per heavy atom. The van der Waals surface area contributed by atoms with E-state index in [4.69, 9.17) is 0 Å². The Bertz CT molecular complexity index is 982.